The molecule has 15 heteroatoms. The molecule has 3 N–H and O–H groups in total. The fraction of sp³-hybridized carbons (Fsp3) is 0.375. The summed E-state index contributed by atoms with van der Waals surface area (Å²) in [6.45, 7) is 3.58. The first-order valence-electron chi connectivity index (χ1n) is 11.8. The fourth-order valence-corrected chi connectivity index (χ4v) is 4.32. The number of alkyl halides is 3. The molecule has 2 aliphatic rings. The lowest BCUT2D eigenvalue weighted by atomic mass is 9.93. The molecule has 2 aromatic heterocycles. The molecule has 0 unspecified atom stereocenters. The van der Waals surface area contributed by atoms with E-state index in [9.17, 15) is 22.4 Å². The average Bonchev–Trinajstić information content (AvgIpc) is 3.23. The van der Waals surface area contributed by atoms with E-state index in [0.29, 0.717) is 24.2 Å². The molecule has 0 bridgehead atoms. The molecule has 1 aliphatic heterocycles. The van der Waals surface area contributed by atoms with Gasteiger partial charge >= 0.3 is 18.2 Å². The van der Waals surface area contributed by atoms with Gasteiger partial charge in [0.1, 0.15) is 0 Å². The van der Waals surface area contributed by atoms with Gasteiger partial charge in [-0.3, -0.25) is 9.48 Å². The number of piperazine rings is 1. The number of primary amides is 1. The van der Waals surface area contributed by atoms with E-state index in [4.69, 9.17) is 20.4 Å². The first-order chi connectivity index (χ1) is 18.3. The monoisotopic (exact) mass is 551 g/mol. The summed E-state index contributed by atoms with van der Waals surface area (Å²) in [5.41, 5.74) is 9.55. The molecule has 0 radical (unpaired) electrons. The first-order valence-corrected chi connectivity index (χ1v) is 11.8. The molecule has 3 aromatic rings. The van der Waals surface area contributed by atoms with Crippen LogP contribution in [0.2, 0.25) is 0 Å². The van der Waals surface area contributed by atoms with Crippen LogP contribution in [0.15, 0.2) is 24.4 Å². The summed E-state index contributed by atoms with van der Waals surface area (Å²) in [5.74, 6) is -3.74. The Bertz CT molecular complexity index is 1400. The maximum absolute atomic E-state index is 14.8. The number of rotatable bonds is 4. The molecular weight excluding hydrogens is 526 g/mol. The highest BCUT2D eigenvalue weighted by Gasteiger charge is 2.38. The lowest BCUT2D eigenvalue weighted by Gasteiger charge is -2.34. The highest BCUT2D eigenvalue weighted by Crippen LogP contribution is 2.35. The zero-order chi connectivity index (χ0) is 28.5. The summed E-state index contributed by atoms with van der Waals surface area (Å²) in [5, 5.41) is 11.4. The van der Waals surface area contributed by atoms with Crippen molar-refractivity contribution in [3.63, 3.8) is 0 Å². The molecule has 11 nitrogen and oxygen atoms in total. The number of carbonyl (C=O) groups excluding carboxylic acids is 1. The number of likely N-dealkylation sites (N-methyl/N-ethyl adjacent to an activating group) is 1. The largest absolute Gasteiger partial charge is 0.490 e. The first kappa shape index (κ1) is 27.8. The topological polar surface area (TPSA) is 140 Å². The van der Waals surface area contributed by atoms with Crippen LogP contribution in [0.3, 0.4) is 0 Å². The predicted molar refractivity (Wildman–Crippen MR) is 130 cm³/mol. The maximum Gasteiger partial charge on any atom is 0.490 e. The summed E-state index contributed by atoms with van der Waals surface area (Å²) in [6, 6.07) is 4.97. The van der Waals surface area contributed by atoms with Crippen LogP contribution in [0, 0.1) is 5.82 Å². The SMILES string of the molecule is CN1CCN(c2ccc(Oc3ncc4c(n3)-c3c(c(C(N)=O)nn3C)CC4)c(F)c2)CC1.O=C(O)C(F)(F)F. The number of carboxylic acid groups (broad SMARTS) is 1. The van der Waals surface area contributed by atoms with Crippen molar-refractivity contribution in [3.05, 3.63) is 47.0 Å². The number of aryl methyl sites for hydroxylation is 2. The van der Waals surface area contributed by atoms with E-state index in [1.807, 2.05) is 6.07 Å². The number of amides is 1. The minimum absolute atomic E-state index is 0.0321. The number of nitrogens with zero attached hydrogens (tertiary/aromatic N) is 6. The van der Waals surface area contributed by atoms with Gasteiger partial charge in [-0.05, 0) is 37.6 Å². The lowest BCUT2D eigenvalue weighted by Crippen LogP contribution is -2.44. The van der Waals surface area contributed by atoms with Gasteiger partial charge in [0.25, 0.3) is 5.91 Å². The molecule has 1 aromatic carbocycles. The van der Waals surface area contributed by atoms with Crippen LogP contribution in [-0.2, 0) is 24.7 Å². The normalized spacial score (nSPS) is 15.1. The van der Waals surface area contributed by atoms with Crippen LogP contribution >= 0.6 is 0 Å². The smallest absolute Gasteiger partial charge is 0.475 e. The number of carboxylic acids is 1. The predicted octanol–water partition coefficient (Wildman–Crippen LogP) is 2.39. The van der Waals surface area contributed by atoms with Gasteiger partial charge in [0.2, 0.25) is 0 Å². The number of fused-ring (bicyclic) bond motifs is 3. The zero-order valence-corrected chi connectivity index (χ0v) is 21.0. The van der Waals surface area contributed by atoms with Crippen molar-refractivity contribution in [2.24, 2.45) is 12.8 Å². The van der Waals surface area contributed by atoms with Gasteiger partial charge in [0.15, 0.2) is 17.3 Å². The second-order valence-corrected chi connectivity index (χ2v) is 9.00. The Morgan fingerprint density at radius 1 is 1.10 bits per heavy atom. The number of hydrogen-bond donors (Lipinski definition) is 2. The van der Waals surface area contributed by atoms with Crippen LogP contribution < -0.4 is 15.4 Å². The Labute approximate surface area is 219 Å². The molecule has 0 spiro atoms. The van der Waals surface area contributed by atoms with Crippen LogP contribution in [-0.4, -0.2) is 81.0 Å². The lowest BCUT2D eigenvalue weighted by molar-refractivity contribution is -0.192. The molecule has 0 saturated carbocycles. The van der Waals surface area contributed by atoms with Gasteiger partial charge < -0.3 is 25.4 Å². The molecule has 1 saturated heterocycles. The van der Waals surface area contributed by atoms with E-state index < -0.39 is 23.9 Å². The number of aromatic nitrogens is 4. The Kier molecular flexibility index (Phi) is 7.72. The second-order valence-electron chi connectivity index (χ2n) is 9.00. The molecule has 5 rings (SSSR count). The number of nitrogens with two attached hydrogens (primary N) is 1. The van der Waals surface area contributed by atoms with Crippen LogP contribution in [0.1, 0.15) is 21.6 Å². The second kappa shape index (κ2) is 10.8. The van der Waals surface area contributed by atoms with Crippen LogP contribution in [0.25, 0.3) is 11.4 Å². The summed E-state index contributed by atoms with van der Waals surface area (Å²) < 4.78 is 53.8. The Balaban J connectivity index is 0.000000448. The molecule has 1 aliphatic carbocycles. The van der Waals surface area contributed by atoms with Crippen molar-refractivity contribution in [1.82, 2.24) is 24.6 Å². The number of anilines is 1. The minimum Gasteiger partial charge on any atom is -0.475 e. The minimum atomic E-state index is -5.08. The molecule has 1 amide bonds. The van der Waals surface area contributed by atoms with Crippen LogP contribution in [0.5, 0.6) is 11.8 Å². The van der Waals surface area contributed by atoms with Crippen molar-refractivity contribution in [1.29, 1.82) is 0 Å². The molecular formula is C24H25F4N7O4. The number of carbonyl (C=O) groups is 2. The third-order valence-corrected chi connectivity index (χ3v) is 6.32. The Morgan fingerprint density at radius 3 is 2.36 bits per heavy atom. The fourth-order valence-electron chi connectivity index (χ4n) is 4.32. The Hall–Kier alpha value is -4.27. The average molecular weight is 552 g/mol. The Morgan fingerprint density at radius 2 is 1.77 bits per heavy atom. The van der Waals surface area contributed by atoms with Gasteiger partial charge in [-0.1, -0.05) is 0 Å². The molecule has 3 heterocycles. The quantitative estimate of drug-likeness (QED) is 0.468. The highest BCUT2D eigenvalue weighted by atomic mass is 19.4. The van der Waals surface area contributed by atoms with Crippen molar-refractivity contribution >= 4 is 17.6 Å². The summed E-state index contributed by atoms with van der Waals surface area (Å²) in [4.78, 5) is 33.8. The van der Waals surface area contributed by atoms with Gasteiger partial charge in [-0.2, -0.15) is 23.3 Å². The summed E-state index contributed by atoms with van der Waals surface area (Å²) in [6.07, 6.45) is -2.13. The number of benzene rings is 1. The van der Waals surface area contributed by atoms with E-state index in [0.717, 1.165) is 43.0 Å². The summed E-state index contributed by atoms with van der Waals surface area (Å²) in [7, 11) is 3.82. The zero-order valence-electron chi connectivity index (χ0n) is 21.0. The number of halogens is 4. The van der Waals surface area contributed by atoms with Gasteiger partial charge in [-0.25, -0.2) is 14.2 Å². The van der Waals surface area contributed by atoms with E-state index in [1.54, 1.807) is 24.0 Å². The standard InChI is InChI=1S/C22H24FN7O2.C2HF3O2/c1-28-7-9-30(10-8-28)14-4-6-17(16(23)11-14)32-22-25-12-13-3-5-15-19(21(24)31)27-29(2)20(15)18(13)26-22;3-2(4,5)1(6)7/h4,6,11-12H,3,5,7-10H2,1-2H3,(H2,24,31);(H,6,7). The van der Waals surface area contributed by atoms with E-state index >= 15 is 0 Å². The third kappa shape index (κ3) is 6.08. The number of hydrogen-bond acceptors (Lipinski definition) is 8. The van der Waals surface area contributed by atoms with Crippen LogP contribution in [0.4, 0.5) is 23.2 Å². The maximum atomic E-state index is 14.8. The molecule has 0 atom stereocenters. The van der Waals surface area contributed by atoms with E-state index in [2.05, 4.69) is 31.9 Å². The molecule has 39 heavy (non-hydrogen) atoms. The van der Waals surface area contributed by atoms with Gasteiger partial charge in [0, 0.05) is 56.7 Å². The molecule has 1 fully saturated rings. The van der Waals surface area contributed by atoms with Crippen molar-refractivity contribution in [3.8, 4) is 23.1 Å². The van der Waals surface area contributed by atoms with Gasteiger partial charge in [0.05, 0.1) is 11.4 Å². The third-order valence-electron chi connectivity index (χ3n) is 6.32. The van der Waals surface area contributed by atoms with Crippen molar-refractivity contribution in [2.75, 3.05) is 38.1 Å². The van der Waals surface area contributed by atoms with Crippen molar-refractivity contribution in [2.45, 2.75) is 19.0 Å². The number of aliphatic carboxylic acids is 1. The van der Waals surface area contributed by atoms with Gasteiger partial charge in [-0.15, -0.1) is 0 Å². The summed E-state index contributed by atoms with van der Waals surface area (Å²) >= 11 is 0. The van der Waals surface area contributed by atoms with Crippen molar-refractivity contribution < 1.29 is 37.0 Å². The molecule has 208 valence electrons. The van der Waals surface area contributed by atoms with E-state index in [1.165, 1.54) is 6.07 Å². The highest BCUT2D eigenvalue weighted by molar-refractivity contribution is 5.94. The number of ether oxygens (including phenoxy) is 1. The van der Waals surface area contributed by atoms with E-state index in [-0.39, 0.29) is 17.5 Å².